The maximum atomic E-state index is 13.1. The van der Waals surface area contributed by atoms with Gasteiger partial charge in [-0.15, -0.1) is 0 Å². The highest BCUT2D eigenvalue weighted by Gasteiger charge is 2.44. The summed E-state index contributed by atoms with van der Waals surface area (Å²) in [6, 6.07) is -0.807. The van der Waals surface area contributed by atoms with Crippen LogP contribution in [-0.4, -0.2) is 87.5 Å². The predicted octanol–water partition coefficient (Wildman–Crippen LogP) is 20.0. The van der Waals surface area contributed by atoms with Crippen LogP contribution in [0.1, 0.15) is 361 Å². The van der Waals surface area contributed by atoms with E-state index in [4.69, 9.17) is 9.47 Å². The van der Waals surface area contributed by atoms with E-state index in [0.29, 0.717) is 6.42 Å². The summed E-state index contributed by atoms with van der Waals surface area (Å²) in [6.45, 7) is 3.82. The van der Waals surface area contributed by atoms with E-state index in [9.17, 15) is 30.3 Å². The number of amides is 1. The highest BCUT2D eigenvalue weighted by atomic mass is 16.7. The van der Waals surface area contributed by atoms with Crippen molar-refractivity contribution in [3.05, 3.63) is 48.6 Å². The molecule has 6 N–H and O–H groups in total. The van der Waals surface area contributed by atoms with Gasteiger partial charge < -0.3 is 40.3 Å². The van der Waals surface area contributed by atoms with Gasteiger partial charge in [-0.05, 0) is 57.8 Å². The molecule has 1 saturated heterocycles. The molecule has 1 fully saturated rings. The SMILES string of the molecule is CCCCCCC/C=C\C/C=C\C/C=C\CCCCCCCCCCCCCCCCCCC(=O)NC(COC1OC(CO)C(O)C(O)C1O)C(O)/C=C/CCCCCCCCCCCCCCCCCCCCCCCCCCCCC. The van der Waals surface area contributed by atoms with Crippen LogP contribution in [0.4, 0.5) is 0 Å². The molecule has 1 rings (SSSR count). The maximum Gasteiger partial charge on any atom is 0.220 e. The first-order valence-electron chi connectivity index (χ1n) is 36.4. The summed E-state index contributed by atoms with van der Waals surface area (Å²) in [7, 11) is 0. The number of aliphatic hydroxyl groups is 5. The molecule has 1 amide bonds. The zero-order valence-corrected chi connectivity index (χ0v) is 54.7. The van der Waals surface area contributed by atoms with Gasteiger partial charge in [-0.2, -0.15) is 0 Å². The highest BCUT2D eigenvalue weighted by Crippen LogP contribution is 2.23. The molecular formula is C74H139NO8. The van der Waals surface area contributed by atoms with E-state index < -0.39 is 49.5 Å². The van der Waals surface area contributed by atoms with Gasteiger partial charge in [0.1, 0.15) is 24.4 Å². The van der Waals surface area contributed by atoms with Crippen LogP contribution in [0.25, 0.3) is 0 Å². The smallest absolute Gasteiger partial charge is 0.220 e. The lowest BCUT2D eigenvalue weighted by molar-refractivity contribution is -0.302. The summed E-state index contributed by atoms with van der Waals surface area (Å²) in [6.07, 6.45) is 79.4. The number of carbonyl (C=O) groups is 1. The van der Waals surface area contributed by atoms with E-state index in [1.54, 1.807) is 6.08 Å². The first-order valence-corrected chi connectivity index (χ1v) is 36.4. The quantitative estimate of drug-likeness (QED) is 0.0261. The summed E-state index contributed by atoms with van der Waals surface area (Å²) in [5.41, 5.74) is 0. The van der Waals surface area contributed by atoms with Crippen molar-refractivity contribution in [3.63, 3.8) is 0 Å². The summed E-state index contributed by atoms with van der Waals surface area (Å²) in [4.78, 5) is 13.1. The highest BCUT2D eigenvalue weighted by molar-refractivity contribution is 5.76. The molecule has 0 saturated carbocycles. The van der Waals surface area contributed by atoms with Crippen LogP contribution in [0.3, 0.4) is 0 Å². The molecule has 0 aromatic carbocycles. The Morgan fingerprint density at radius 2 is 0.711 bits per heavy atom. The average molecular weight is 1170 g/mol. The molecule has 9 nitrogen and oxygen atoms in total. The van der Waals surface area contributed by atoms with Gasteiger partial charge in [0.25, 0.3) is 0 Å². The molecule has 7 atom stereocenters. The molecule has 0 radical (unpaired) electrons. The van der Waals surface area contributed by atoms with Gasteiger partial charge in [0.15, 0.2) is 6.29 Å². The molecule has 1 aliphatic rings. The Kier molecular flexibility index (Phi) is 60.3. The third-order valence-corrected chi connectivity index (χ3v) is 17.4. The molecule has 9 heteroatoms. The van der Waals surface area contributed by atoms with Crippen LogP contribution < -0.4 is 5.32 Å². The minimum Gasteiger partial charge on any atom is -0.394 e. The fraction of sp³-hybridized carbons (Fsp3) is 0.878. The van der Waals surface area contributed by atoms with Gasteiger partial charge in [-0.1, -0.05) is 345 Å². The zero-order chi connectivity index (χ0) is 60.0. The van der Waals surface area contributed by atoms with Crippen LogP contribution in [0.2, 0.25) is 0 Å². The monoisotopic (exact) mass is 1170 g/mol. The first kappa shape index (κ1) is 79.2. The fourth-order valence-electron chi connectivity index (χ4n) is 11.7. The number of unbranched alkanes of at least 4 members (excludes halogenated alkanes) is 48. The lowest BCUT2D eigenvalue weighted by Gasteiger charge is -2.40. The second-order valence-electron chi connectivity index (χ2n) is 25.4. The van der Waals surface area contributed by atoms with Crippen molar-refractivity contribution in [1.82, 2.24) is 5.32 Å². The Bertz CT molecular complexity index is 1450. The Morgan fingerprint density at radius 3 is 1.05 bits per heavy atom. The fourth-order valence-corrected chi connectivity index (χ4v) is 11.7. The molecule has 0 spiro atoms. The van der Waals surface area contributed by atoms with Gasteiger partial charge in [0.05, 0.1) is 25.4 Å². The molecule has 1 aliphatic heterocycles. The van der Waals surface area contributed by atoms with Crippen molar-refractivity contribution >= 4 is 5.91 Å². The number of ether oxygens (including phenoxy) is 2. The van der Waals surface area contributed by atoms with Crippen molar-refractivity contribution in [3.8, 4) is 0 Å². The van der Waals surface area contributed by atoms with Gasteiger partial charge in [-0.25, -0.2) is 0 Å². The van der Waals surface area contributed by atoms with E-state index >= 15 is 0 Å². The minimum absolute atomic E-state index is 0.172. The summed E-state index contributed by atoms with van der Waals surface area (Å²) in [5.74, 6) is -0.172. The first-order chi connectivity index (χ1) is 40.8. The van der Waals surface area contributed by atoms with Gasteiger partial charge in [0, 0.05) is 6.42 Å². The lowest BCUT2D eigenvalue weighted by Crippen LogP contribution is -2.60. The van der Waals surface area contributed by atoms with Gasteiger partial charge in [0.2, 0.25) is 5.91 Å². The van der Waals surface area contributed by atoms with E-state index in [1.807, 2.05) is 6.08 Å². The predicted molar refractivity (Wildman–Crippen MR) is 355 cm³/mol. The van der Waals surface area contributed by atoms with Crippen molar-refractivity contribution < 1.29 is 39.8 Å². The second kappa shape index (κ2) is 63.2. The van der Waals surface area contributed by atoms with Crippen molar-refractivity contribution in [1.29, 1.82) is 0 Å². The zero-order valence-electron chi connectivity index (χ0n) is 54.7. The van der Waals surface area contributed by atoms with Crippen LogP contribution in [0.5, 0.6) is 0 Å². The van der Waals surface area contributed by atoms with Gasteiger partial charge >= 0.3 is 0 Å². The second-order valence-corrected chi connectivity index (χ2v) is 25.4. The topological polar surface area (TPSA) is 149 Å². The van der Waals surface area contributed by atoms with Crippen molar-refractivity contribution in [2.45, 2.75) is 403 Å². The number of nitrogens with one attached hydrogen (secondary N) is 1. The largest absolute Gasteiger partial charge is 0.394 e. The van der Waals surface area contributed by atoms with Crippen LogP contribution in [0, 0.1) is 0 Å². The normalized spacial score (nSPS) is 18.5. The van der Waals surface area contributed by atoms with Crippen LogP contribution in [0.15, 0.2) is 48.6 Å². The number of carbonyl (C=O) groups excluding carboxylic acids is 1. The molecule has 0 aliphatic carbocycles. The number of allylic oxidation sites excluding steroid dienone is 7. The number of aliphatic hydroxyl groups excluding tert-OH is 5. The molecule has 1 heterocycles. The van der Waals surface area contributed by atoms with E-state index in [0.717, 1.165) is 51.4 Å². The van der Waals surface area contributed by atoms with Crippen molar-refractivity contribution in [2.75, 3.05) is 13.2 Å². The number of hydrogen-bond donors (Lipinski definition) is 6. The molecule has 0 aromatic heterocycles. The summed E-state index contributed by atoms with van der Waals surface area (Å²) in [5, 5.41) is 54.8. The number of hydrogen-bond acceptors (Lipinski definition) is 8. The molecule has 488 valence electrons. The minimum atomic E-state index is -1.57. The lowest BCUT2D eigenvalue weighted by atomic mass is 9.99. The van der Waals surface area contributed by atoms with E-state index in [2.05, 4.69) is 55.6 Å². The molecule has 0 bridgehead atoms. The Labute approximate surface area is 514 Å². The number of rotatable bonds is 64. The third kappa shape index (κ3) is 51.9. The Morgan fingerprint density at radius 1 is 0.410 bits per heavy atom. The molecular weight excluding hydrogens is 1030 g/mol. The molecule has 0 aromatic rings. The van der Waals surface area contributed by atoms with Crippen LogP contribution in [-0.2, 0) is 14.3 Å². The molecule has 7 unspecified atom stereocenters. The summed E-state index contributed by atoms with van der Waals surface area (Å²) < 4.78 is 11.3. The average Bonchev–Trinajstić information content (AvgIpc) is 3.61. The maximum absolute atomic E-state index is 13.1. The van der Waals surface area contributed by atoms with E-state index in [1.165, 1.54) is 289 Å². The molecule has 83 heavy (non-hydrogen) atoms. The summed E-state index contributed by atoms with van der Waals surface area (Å²) >= 11 is 0. The Hall–Kier alpha value is -1.85. The Balaban J connectivity index is 2.12. The standard InChI is InChI=1S/C74H139NO8/c1-3-5-7-9-11-13-15-17-19-21-23-25-27-29-31-33-34-36-38-40-42-44-46-48-50-52-54-56-58-60-62-64-70(78)75-67(66-82-74-73(81)72(80)71(79)69(65-76)83-74)68(77)63-61-59-57-55-53-51-49-47-45-43-41-39-37-35-32-30-28-26-24-22-20-18-16-14-12-10-8-6-4-2/h15,17,21,23,27,29,61,63,67-69,71-74,76-77,79-81H,3-14,16,18-20,22,24-26,28,30-60,62,64-66H2,1-2H3,(H,75,78)/b17-15-,23-21-,29-27-,63-61+. The van der Waals surface area contributed by atoms with Gasteiger partial charge in [-0.3, -0.25) is 4.79 Å². The third-order valence-electron chi connectivity index (χ3n) is 17.4. The van der Waals surface area contributed by atoms with Crippen molar-refractivity contribution in [2.24, 2.45) is 0 Å². The van der Waals surface area contributed by atoms with Crippen LogP contribution >= 0.6 is 0 Å². The van der Waals surface area contributed by atoms with E-state index in [-0.39, 0.29) is 12.5 Å².